The van der Waals surface area contributed by atoms with Gasteiger partial charge >= 0.3 is 0 Å². The molecule has 0 radical (unpaired) electrons. The van der Waals surface area contributed by atoms with E-state index in [2.05, 4.69) is 21.3 Å². The van der Waals surface area contributed by atoms with Crippen molar-refractivity contribution in [1.82, 2.24) is 19.6 Å². The first-order chi connectivity index (χ1) is 17.5. The largest absolute Gasteiger partial charge is 0.389 e. The molecular weight excluding hydrogens is 458 g/mol. The number of aromatic nitrogens is 2. The number of pyridine rings is 3. The highest BCUT2D eigenvalue weighted by molar-refractivity contribution is 5.94. The van der Waals surface area contributed by atoms with Gasteiger partial charge in [0, 0.05) is 38.6 Å². The van der Waals surface area contributed by atoms with E-state index < -0.39 is 29.0 Å². The average Bonchev–Trinajstić information content (AvgIpc) is 2.92. The number of fused-ring (bicyclic) bond motifs is 1. The number of aliphatic hydroxyl groups excluding tert-OH is 1. The molecule has 0 unspecified atom stereocenters. The summed E-state index contributed by atoms with van der Waals surface area (Å²) in [5, 5.41) is 23.0. The van der Waals surface area contributed by atoms with E-state index in [1.807, 2.05) is 30.3 Å². The molecule has 3 aromatic rings. The lowest BCUT2D eigenvalue weighted by molar-refractivity contribution is -0.0261. The van der Waals surface area contributed by atoms with E-state index in [1.54, 1.807) is 24.5 Å². The first-order valence-electron chi connectivity index (χ1n) is 12.3. The van der Waals surface area contributed by atoms with Gasteiger partial charge in [0.25, 0.3) is 11.5 Å². The predicted molar refractivity (Wildman–Crippen MR) is 132 cm³/mol. The van der Waals surface area contributed by atoms with E-state index >= 15 is 0 Å². The highest BCUT2D eigenvalue weighted by Crippen LogP contribution is 2.34. The third kappa shape index (κ3) is 4.63. The van der Waals surface area contributed by atoms with Crippen molar-refractivity contribution in [1.29, 1.82) is 5.26 Å². The summed E-state index contributed by atoms with van der Waals surface area (Å²) < 4.78 is 6.74. The third-order valence-corrected chi connectivity index (χ3v) is 7.32. The lowest BCUT2D eigenvalue weighted by atomic mass is 9.76. The van der Waals surface area contributed by atoms with Gasteiger partial charge in [0.05, 0.1) is 36.0 Å². The van der Waals surface area contributed by atoms with Crippen molar-refractivity contribution in [3.8, 4) is 6.07 Å². The molecule has 9 heteroatoms. The zero-order chi connectivity index (χ0) is 25.1. The molecule has 36 heavy (non-hydrogen) atoms. The highest BCUT2D eigenvalue weighted by Gasteiger charge is 2.37. The number of ether oxygens (including phenoxy) is 1. The molecule has 3 aromatic heterocycles. The lowest BCUT2D eigenvalue weighted by Gasteiger charge is -2.37. The number of rotatable bonds is 5. The van der Waals surface area contributed by atoms with Crippen molar-refractivity contribution in [2.75, 3.05) is 26.3 Å². The van der Waals surface area contributed by atoms with Crippen LogP contribution < -0.4 is 10.9 Å². The molecule has 2 fully saturated rings. The zero-order valence-electron chi connectivity index (χ0n) is 20.0. The first kappa shape index (κ1) is 24.1. The molecule has 186 valence electrons. The van der Waals surface area contributed by atoms with E-state index in [9.17, 15) is 20.0 Å². The Morgan fingerprint density at radius 3 is 2.78 bits per heavy atom. The second kappa shape index (κ2) is 10.2. The smallest absolute Gasteiger partial charge is 0.267 e. The van der Waals surface area contributed by atoms with Crippen molar-refractivity contribution >= 4 is 11.4 Å². The maximum atomic E-state index is 13.2. The fourth-order valence-electron chi connectivity index (χ4n) is 5.15. The van der Waals surface area contributed by atoms with Crippen LogP contribution in [0.15, 0.2) is 59.7 Å². The fraction of sp³-hybridized carbons (Fsp3) is 0.407. The SMILES string of the molecule is N#CC1(c2ccccn2)CCN(Cc2cc(C(=O)N[C@H]3CCOC[C@@H]3O)c(=O)n3ccccc23)CC1. The molecule has 2 atom stereocenters. The number of nitrogens with one attached hydrogen (secondary N) is 1. The summed E-state index contributed by atoms with van der Waals surface area (Å²) in [4.78, 5) is 33.0. The Hall–Kier alpha value is -3.58. The van der Waals surface area contributed by atoms with Gasteiger partial charge in [-0.3, -0.25) is 23.9 Å². The van der Waals surface area contributed by atoms with Gasteiger partial charge in [-0.15, -0.1) is 0 Å². The van der Waals surface area contributed by atoms with Crippen molar-refractivity contribution in [3.05, 3.63) is 82.0 Å². The molecule has 1 amide bonds. The third-order valence-electron chi connectivity index (χ3n) is 7.32. The van der Waals surface area contributed by atoms with Crippen LogP contribution in [-0.4, -0.2) is 63.7 Å². The van der Waals surface area contributed by atoms with Crippen molar-refractivity contribution in [3.63, 3.8) is 0 Å². The molecule has 0 bridgehead atoms. The molecule has 0 aliphatic carbocycles. The highest BCUT2D eigenvalue weighted by atomic mass is 16.5. The molecule has 0 spiro atoms. The van der Waals surface area contributed by atoms with Crippen molar-refractivity contribution < 1.29 is 14.6 Å². The summed E-state index contributed by atoms with van der Waals surface area (Å²) >= 11 is 0. The van der Waals surface area contributed by atoms with E-state index in [4.69, 9.17) is 4.74 Å². The minimum Gasteiger partial charge on any atom is -0.389 e. The van der Waals surface area contributed by atoms with Crippen LogP contribution in [-0.2, 0) is 16.7 Å². The van der Waals surface area contributed by atoms with Gasteiger partial charge in [0.15, 0.2) is 0 Å². The van der Waals surface area contributed by atoms with E-state index in [-0.39, 0.29) is 12.2 Å². The van der Waals surface area contributed by atoms with Gasteiger partial charge in [0.1, 0.15) is 11.0 Å². The van der Waals surface area contributed by atoms with Crippen LogP contribution in [0.25, 0.3) is 5.52 Å². The molecule has 9 nitrogen and oxygen atoms in total. The van der Waals surface area contributed by atoms with Crippen LogP contribution in [0.3, 0.4) is 0 Å². The standard InChI is InChI=1S/C27H29N5O4/c28-18-27(24-6-1-3-10-29-24)8-12-31(13-9-27)16-19-15-20(26(35)32-11-4-2-5-22(19)32)25(34)30-21-7-14-36-17-23(21)33/h1-6,10-11,15,21,23,33H,7-9,12-14,16-17H2,(H,30,34)/t21-,23-/m0/s1. The monoisotopic (exact) mass is 487 g/mol. The summed E-state index contributed by atoms with van der Waals surface area (Å²) in [6, 6.07) is 14.9. The zero-order valence-corrected chi connectivity index (χ0v) is 20.0. The van der Waals surface area contributed by atoms with Gasteiger partial charge in [0.2, 0.25) is 0 Å². The number of likely N-dealkylation sites (tertiary alicyclic amines) is 1. The second-order valence-electron chi connectivity index (χ2n) is 9.54. The van der Waals surface area contributed by atoms with Gasteiger partial charge in [-0.2, -0.15) is 5.26 Å². The number of nitrogens with zero attached hydrogens (tertiary/aromatic N) is 4. The van der Waals surface area contributed by atoms with E-state index in [0.29, 0.717) is 45.5 Å². The summed E-state index contributed by atoms with van der Waals surface area (Å²) in [6.45, 7) is 2.53. The number of carbonyl (C=O) groups is 1. The van der Waals surface area contributed by atoms with Crippen molar-refractivity contribution in [2.24, 2.45) is 0 Å². The van der Waals surface area contributed by atoms with Crippen LogP contribution in [0, 0.1) is 11.3 Å². The van der Waals surface area contributed by atoms with Crippen LogP contribution in [0.1, 0.15) is 40.9 Å². The fourth-order valence-corrected chi connectivity index (χ4v) is 5.15. The molecule has 2 saturated heterocycles. The Morgan fingerprint density at radius 2 is 2.06 bits per heavy atom. The second-order valence-corrected chi connectivity index (χ2v) is 9.54. The normalized spacial score (nSPS) is 22.1. The van der Waals surface area contributed by atoms with Gasteiger partial charge < -0.3 is 15.2 Å². The Labute approximate surface area is 209 Å². The molecular formula is C27H29N5O4. The predicted octanol–water partition coefficient (Wildman–Crippen LogP) is 1.63. The number of nitriles is 1. The molecule has 2 aliphatic rings. The minimum atomic E-state index is -0.807. The van der Waals surface area contributed by atoms with Crippen molar-refractivity contribution in [2.45, 2.75) is 43.4 Å². The molecule has 0 aromatic carbocycles. The number of carbonyl (C=O) groups excluding carboxylic acids is 1. The maximum Gasteiger partial charge on any atom is 0.267 e. The summed E-state index contributed by atoms with van der Waals surface area (Å²) in [5.41, 5.74) is 1.44. The quantitative estimate of drug-likeness (QED) is 0.561. The Kier molecular flexibility index (Phi) is 6.83. The molecule has 0 saturated carbocycles. The molecule has 5 rings (SSSR count). The van der Waals surface area contributed by atoms with Crippen LogP contribution in [0.2, 0.25) is 0 Å². The number of hydrogen-bond acceptors (Lipinski definition) is 7. The summed E-state index contributed by atoms with van der Waals surface area (Å²) in [5.74, 6) is -0.497. The van der Waals surface area contributed by atoms with E-state index in [0.717, 1.165) is 16.8 Å². The number of amides is 1. The minimum absolute atomic E-state index is 0.0456. The van der Waals surface area contributed by atoms with Gasteiger partial charge in [-0.25, -0.2) is 0 Å². The Morgan fingerprint density at radius 1 is 1.25 bits per heavy atom. The van der Waals surface area contributed by atoms with Crippen LogP contribution >= 0.6 is 0 Å². The number of hydrogen-bond donors (Lipinski definition) is 2. The first-order valence-corrected chi connectivity index (χ1v) is 12.3. The number of piperidine rings is 1. The topological polar surface area (TPSA) is 120 Å². The van der Waals surface area contributed by atoms with E-state index in [1.165, 1.54) is 4.40 Å². The van der Waals surface area contributed by atoms with Gasteiger partial charge in [-0.1, -0.05) is 12.1 Å². The van der Waals surface area contributed by atoms with Crippen LogP contribution in [0.4, 0.5) is 0 Å². The lowest BCUT2D eigenvalue weighted by Crippen LogP contribution is -2.49. The van der Waals surface area contributed by atoms with Gasteiger partial charge in [-0.05, 0) is 55.2 Å². The number of aliphatic hydroxyl groups is 1. The maximum absolute atomic E-state index is 13.2. The molecule has 2 aliphatic heterocycles. The summed E-state index contributed by atoms with van der Waals surface area (Å²) in [6.07, 6.45) is 4.37. The Balaban J connectivity index is 1.39. The summed E-state index contributed by atoms with van der Waals surface area (Å²) in [7, 11) is 0. The molecule has 5 heterocycles. The molecule has 2 N–H and O–H groups in total. The Bertz CT molecular complexity index is 1340. The van der Waals surface area contributed by atoms with Crippen LogP contribution in [0.5, 0.6) is 0 Å². The average molecular weight is 488 g/mol.